The number of esters is 2. The second-order valence-electron chi connectivity index (χ2n) is 14.1. The van der Waals surface area contributed by atoms with Crippen molar-refractivity contribution in [1.29, 1.82) is 0 Å². The molecule has 2 atom stereocenters. The van der Waals surface area contributed by atoms with Gasteiger partial charge in [0.15, 0.2) is 0 Å². The predicted octanol–water partition coefficient (Wildman–Crippen LogP) is 11.6. The average molecular weight is 668 g/mol. The molecule has 6 heteroatoms. The molecule has 0 heterocycles. The van der Waals surface area contributed by atoms with E-state index < -0.39 is 0 Å². The van der Waals surface area contributed by atoms with Gasteiger partial charge in [-0.05, 0) is 76.8 Å². The first kappa shape index (κ1) is 45.9. The van der Waals surface area contributed by atoms with Crippen molar-refractivity contribution in [2.24, 2.45) is 5.92 Å². The molecule has 0 aromatic heterocycles. The van der Waals surface area contributed by atoms with Crippen LogP contribution in [0.15, 0.2) is 0 Å². The Kier molecular flexibility index (Phi) is 35.3. The van der Waals surface area contributed by atoms with Gasteiger partial charge in [-0.15, -0.1) is 0 Å². The topological polar surface area (TPSA) is 65.1 Å². The van der Waals surface area contributed by atoms with Gasteiger partial charge in [0.2, 0.25) is 0 Å². The molecule has 0 amide bonds. The number of ether oxygens (including phenoxy) is 3. The van der Waals surface area contributed by atoms with Crippen LogP contribution in [0.2, 0.25) is 0 Å². The Bertz CT molecular complexity index is 666. The molecule has 0 aliphatic carbocycles. The number of unbranched alkanes of at least 4 members (excludes halogenated alkanes) is 15. The minimum atomic E-state index is -0.212. The molecule has 2 unspecified atom stereocenters. The summed E-state index contributed by atoms with van der Waals surface area (Å²) >= 11 is 0. The summed E-state index contributed by atoms with van der Waals surface area (Å²) in [6.07, 6.45) is 30.1. The summed E-state index contributed by atoms with van der Waals surface area (Å²) in [4.78, 5) is 27.4. The van der Waals surface area contributed by atoms with Crippen LogP contribution in [0.25, 0.3) is 0 Å². The van der Waals surface area contributed by atoms with Crippen LogP contribution in [-0.2, 0) is 23.8 Å². The molecule has 0 rings (SSSR count). The van der Waals surface area contributed by atoms with E-state index in [-0.39, 0.29) is 24.6 Å². The van der Waals surface area contributed by atoms with Gasteiger partial charge in [-0.3, -0.25) is 4.79 Å². The first-order valence-corrected chi connectivity index (χ1v) is 20.7. The molecule has 0 saturated heterocycles. The standard InChI is InChI=1S/C41H81NO5/c1-6-11-14-16-17-20-24-29-39(47-41(44)37-45-35-34-42(32-9-4)33-10-5)30-25-21-18-19-22-26-31-40(43)46-36-38(27-13-8-3)28-23-15-12-7-2/h38-39H,6-37H2,1-5H3. The third kappa shape index (κ3) is 31.9. The van der Waals surface area contributed by atoms with E-state index in [1.807, 2.05) is 0 Å². The molecule has 0 spiro atoms. The van der Waals surface area contributed by atoms with Crippen molar-refractivity contribution in [3.8, 4) is 0 Å². The lowest BCUT2D eigenvalue weighted by molar-refractivity contribution is -0.155. The van der Waals surface area contributed by atoms with E-state index in [2.05, 4.69) is 39.5 Å². The van der Waals surface area contributed by atoms with E-state index in [9.17, 15) is 9.59 Å². The van der Waals surface area contributed by atoms with Crippen molar-refractivity contribution in [1.82, 2.24) is 4.90 Å². The van der Waals surface area contributed by atoms with E-state index in [4.69, 9.17) is 14.2 Å². The highest BCUT2D eigenvalue weighted by Gasteiger charge is 2.15. The van der Waals surface area contributed by atoms with Gasteiger partial charge < -0.3 is 19.1 Å². The Morgan fingerprint density at radius 2 is 1.00 bits per heavy atom. The van der Waals surface area contributed by atoms with Gasteiger partial charge in [-0.25, -0.2) is 4.79 Å². The maximum absolute atomic E-state index is 12.6. The Labute approximate surface area is 293 Å². The molecule has 0 bridgehead atoms. The summed E-state index contributed by atoms with van der Waals surface area (Å²) in [7, 11) is 0. The van der Waals surface area contributed by atoms with Gasteiger partial charge in [-0.1, -0.05) is 137 Å². The number of hydrogen-bond acceptors (Lipinski definition) is 6. The van der Waals surface area contributed by atoms with Crippen LogP contribution in [0.5, 0.6) is 0 Å². The molecule has 0 saturated carbocycles. The van der Waals surface area contributed by atoms with Crippen LogP contribution in [-0.4, -0.2) is 62.4 Å². The third-order valence-electron chi connectivity index (χ3n) is 9.35. The number of hydrogen-bond donors (Lipinski definition) is 0. The highest BCUT2D eigenvalue weighted by molar-refractivity contribution is 5.70. The summed E-state index contributed by atoms with van der Waals surface area (Å²) in [5, 5.41) is 0. The van der Waals surface area contributed by atoms with Gasteiger partial charge in [0.05, 0.1) is 13.2 Å². The first-order chi connectivity index (χ1) is 23.0. The lowest BCUT2D eigenvalue weighted by Gasteiger charge is -2.21. The molecule has 6 nitrogen and oxygen atoms in total. The summed E-state index contributed by atoms with van der Waals surface area (Å²) in [5.41, 5.74) is 0. The van der Waals surface area contributed by atoms with E-state index in [0.29, 0.717) is 25.6 Å². The zero-order valence-corrected chi connectivity index (χ0v) is 32.3. The van der Waals surface area contributed by atoms with Gasteiger partial charge in [0.25, 0.3) is 0 Å². The molecule has 0 N–H and O–H groups in total. The zero-order chi connectivity index (χ0) is 34.6. The zero-order valence-electron chi connectivity index (χ0n) is 32.3. The minimum Gasteiger partial charge on any atom is -0.465 e. The van der Waals surface area contributed by atoms with Crippen molar-refractivity contribution >= 4 is 11.9 Å². The number of rotatable bonds is 37. The smallest absolute Gasteiger partial charge is 0.332 e. The average Bonchev–Trinajstić information content (AvgIpc) is 3.06. The Morgan fingerprint density at radius 1 is 0.511 bits per heavy atom. The lowest BCUT2D eigenvalue weighted by Crippen LogP contribution is -2.30. The molecule has 0 aliphatic rings. The molecule has 0 radical (unpaired) electrons. The van der Waals surface area contributed by atoms with Crippen LogP contribution < -0.4 is 0 Å². The van der Waals surface area contributed by atoms with Crippen LogP contribution in [0.4, 0.5) is 0 Å². The van der Waals surface area contributed by atoms with Gasteiger partial charge >= 0.3 is 11.9 Å². The molecule has 47 heavy (non-hydrogen) atoms. The van der Waals surface area contributed by atoms with Crippen molar-refractivity contribution in [3.05, 3.63) is 0 Å². The third-order valence-corrected chi connectivity index (χ3v) is 9.35. The molecule has 280 valence electrons. The summed E-state index contributed by atoms with van der Waals surface area (Å²) in [6, 6.07) is 0. The van der Waals surface area contributed by atoms with Crippen molar-refractivity contribution in [2.75, 3.05) is 39.5 Å². The number of carbonyl (C=O) groups excluding carboxylic acids is 2. The maximum Gasteiger partial charge on any atom is 0.332 e. The maximum atomic E-state index is 12.6. The Balaban J connectivity index is 4.30. The molecule has 0 aromatic rings. The highest BCUT2D eigenvalue weighted by Crippen LogP contribution is 2.20. The van der Waals surface area contributed by atoms with Crippen molar-refractivity contribution < 1.29 is 23.8 Å². The lowest BCUT2D eigenvalue weighted by atomic mass is 9.96. The fraction of sp³-hybridized carbons (Fsp3) is 0.951. The van der Waals surface area contributed by atoms with Gasteiger partial charge in [-0.2, -0.15) is 0 Å². The largest absolute Gasteiger partial charge is 0.465 e. The van der Waals surface area contributed by atoms with Gasteiger partial charge in [0.1, 0.15) is 12.7 Å². The van der Waals surface area contributed by atoms with E-state index in [1.165, 1.54) is 96.3 Å². The summed E-state index contributed by atoms with van der Waals surface area (Å²) < 4.78 is 17.3. The molecular formula is C41H81NO5. The van der Waals surface area contributed by atoms with Crippen LogP contribution in [0.1, 0.15) is 202 Å². The molecule has 0 aliphatic heterocycles. The van der Waals surface area contributed by atoms with E-state index >= 15 is 0 Å². The number of carbonyl (C=O) groups is 2. The Morgan fingerprint density at radius 3 is 1.57 bits per heavy atom. The quantitative estimate of drug-likeness (QED) is 0.0485. The summed E-state index contributed by atoms with van der Waals surface area (Å²) in [5.74, 6) is 0.304. The predicted molar refractivity (Wildman–Crippen MR) is 200 cm³/mol. The minimum absolute atomic E-state index is 0.000917. The monoisotopic (exact) mass is 668 g/mol. The van der Waals surface area contributed by atoms with Crippen molar-refractivity contribution in [3.63, 3.8) is 0 Å². The number of nitrogens with zero attached hydrogens (tertiary/aromatic N) is 1. The van der Waals surface area contributed by atoms with Crippen molar-refractivity contribution in [2.45, 2.75) is 208 Å². The SMILES string of the molecule is CCCCCCCCCC(CCCCCCCCC(=O)OCC(CCCC)CCCCCC)OC(=O)COCCN(CCC)CCC. The van der Waals surface area contributed by atoms with E-state index in [0.717, 1.165) is 83.8 Å². The molecular weight excluding hydrogens is 586 g/mol. The Hall–Kier alpha value is -1.14. The summed E-state index contributed by atoms with van der Waals surface area (Å²) in [6.45, 7) is 15.4. The first-order valence-electron chi connectivity index (χ1n) is 20.7. The van der Waals surface area contributed by atoms with Crippen LogP contribution in [0, 0.1) is 5.92 Å². The molecule has 0 aromatic carbocycles. The van der Waals surface area contributed by atoms with Crippen LogP contribution in [0.3, 0.4) is 0 Å². The second-order valence-corrected chi connectivity index (χ2v) is 14.1. The fourth-order valence-electron chi connectivity index (χ4n) is 6.42. The second kappa shape index (κ2) is 36.1. The normalized spacial score (nSPS) is 12.8. The molecule has 0 fully saturated rings. The highest BCUT2D eigenvalue weighted by atomic mass is 16.6. The fourth-order valence-corrected chi connectivity index (χ4v) is 6.42. The van der Waals surface area contributed by atoms with Crippen LogP contribution >= 0.6 is 0 Å². The van der Waals surface area contributed by atoms with Gasteiger partial charge in [0, 0.05) is 13.0 Å². The van der Waals surface area contributed by atoms with E-state index in [1.54, 1.807) is 0 Å².